The van der Waals surface area contributed by atoms with Crippen LogP contribution in [-0.2, 0) is 11.2 Å². The minimum atomic E-state index is -0.00822. The Morgan fingerprint density at radius 2 is 2.00 bits per heavy atom. The molecule has 1 unspecified atom stereocenters. The van der Waals surface area contributed by atoms with E-state index < -0.39 is 0 Å². The van der Waals surface area contributed by atoms with Gasteiger partial charge in [-0.05, 0) is 30.9 Å². The van der Waals surface area contributed by atoms with Gasteiger partial charge < -0.3 is 10.4 Å². The number of carbonyl (C=O) groups is 1. The molecule has 3 nitrogen and oxygen atoms in total. The first-order valence-corrected chi connectivity index (χ1v) is 6.16. The van der Waals surface area contributed by atoms with E-state index in [9.17, 15) is 4.79 Å². The van der Waals surface area contributed by atoms with Crippen molar-refractivity contribution in [1.29, 1.82) is 0 Å². The summed E-state index contributed by atoms with van der Waals surface area (Å²) in [5, 5.41) is 11.6. The lowest BCUT2D eigenvalue weighted by molar-refractivity contribution is -0.122. The van der Waals surface area contributed by atoms with Crippen LogP contribution in [0.2, 0.25) is 0 Å². The van der Waals surface area contributed by atoms with E-state index in [2.05, 4.69) is 36.5 Å². The predicted octanol–water partition coefficient (Wildman–Crippen LogP) is 2.20. The molecule has 0 aliphatic carbocycles. The number of hydrogen-bond donors (Lipinski definition) is 2. The third-order valence-corrected chi connectivity index (χ3v) is 2.83. The lowest BCUT2D eigenvalue weighted by Gasteiger charge is -2.14. The van der Waals surface area contributed by atoms with E-state index in [0.29, 0.717) is 12.8 Å². The standard InChI is InChI=1S/C14H21NO2/c1-3-12-6-8-13(9-7-12)11(2)15-14(17)5-4-10-16/h6-9,11,16H,3-5,10H2,1-2H3,(H,15,17). The molecule has 0 saturated carbocycles. The van der Waals surface area contributed by atoms with Gasteiger partial charge in [0.1, 0.15) is 0 Å². The lowest BCUT2D eigenvalue weighted by Crippen LogP contribution is -2.26. The Balaban J connectivity index is 2.51. The Morgan fingerprint density at radius 1 is 1.35 bits per heavy atom. The van der Waals surface area contributed by atoms with Crippen LogP contribution in [0.4, 0.5) is 0 Å². The fourth-order valence-corrected chi connectivity index (χ4v) is 1.68. The highest BCUT2D eigenvalue weighted by molar-refractivity contribution is 5.76. The zero-order valence-corrected chi connectivity index (χ0v) is 10.6. The Labute approximate surface area is 103 Å². The lowest BCUT2D eigenvalue weighted by atomic mass is 10.0. The summed E-state index contributed by atoms with van der Waals surface area (Å²) in [4.78, 5) is 11.5. The van der Waals surface area contributed by atoms with E-state index in [0.717, 1.165) is 12.0 Å². The summed E-state index contributed by atoms with van der Waals surface area (Å²) in [6.07, 6.45) is 1.93. The molecule has 3 heteroatoms. The molecule has 0 aliphatic rings. The number of nitrogens with one attached hydrogen (secondary N) is 1. The molecule has 0 heterocycles. The summed E-state index contributed by atoms with van der Waals surface area (Å²) in [7, 11) is 0. The van der Waals surface area contributed by atoms with Gasteiger partial charge in [-0.2, -0.15) is 0 Å². The number of hydrogen-bond acceptors (Lipinski definition) is 2. The van der Waals surface area contributed by atoms with Crippen LogP contribution in [0.1, 0.15) is 43.9 Å². The van der Waals surface area contributed by atoms with Crippen LogP contribution in [0.15, 0.2) is 24.3 Å². The van der Waals surface area contributed by atoms with Crippen molar-refractivity contribution in [1.82, 2.24) is 5.32 Å². The fourth-order valence-electron chi connectivity index (χ4n) is 1.68. The Kier molecular flexibility index (Phi) is 5.70. The largest absolute Gasteiger partial charge is 0.396 e. The molecular formula is C14H21NO2. The molecule has 1 atom stereocenters. The first kappa shape index (κ1) is 13.7. The van der Waals surface area contributed by atoms with Gasteiger partial charge in [-0.1, -0.05) is 31.2 Å². The highest BCUT2D eigenvalue weighted by Gasteiger charge is 2.08. The van der Waals surface area contributed by atoms with Gasteiger partial charge in [0.2, 0.25) is 5.91 Å². The van der Waals surface area contributed by atoms with Crippen molar-refractivity contribution in [2.75, 3.05) is 6.61 Å². The monoisotopic (exact) mass is 235 g/mol. The van der Waals surface area contributed by atoms with E-state index >= 15 is 0 Å². The normalized spacial score (nSPS) is 12.2. The van der Waals surface area contributed by atoms with Crippen molar-refractivity contribution in [3.05, 3.63) is 35.4 Å². The minimum absolute atomic E-state index is 0.00822. The number of amides is 1. The fraction of sp³-hybridized carbons (Fsp3) is 0.500. The van der Waals surface area contributed by atoms with Crippen LogP contribution in [-0.4, -0.2) is 17.6 Å². The zero-order valence-electron chi connectivity index (χ0n) is 10.6. The summed E-state index contributed by atoms with van der Waals surface area (Å²) in [5.74, 6) is -0.00822. The van der Waals surface area contributed by atoms with E-state index in [1.807, 2.05) is 6.92 Å². The summed E-state index contributed by atoms with van der Waals surface area (Å²) in [6, 6.07) is 8.30. The number of aliphatic hydroxyl groups is 1. The summed E-state index contributed by atoms with van der Waals surface area (Å²) in [6.45, 7) is 4.15. The van der Waals surface area contributed by atoms with Crippen molar-refractivity contribution < 1.29 is 9.90 Å². The molecule has 0 radical (unpaired) electrons. The Bertz CT molecular complexity index is 346. The molecule has 0 saturated heterocycles. The van der Waals surface area contributed by atoms with Crippen molar-refractivity contribution in [3.8, 4) is 0 Å². The van der Waals surface area contributed by atoms with Crippen LogP contribution in [0.5, 0.6) is 0 Å². The van der Waals surface area contributed by atoms with Crippen LogP contribution in [0.25, 0.3) is 0 Å². The number of rotatable bonds is 6. The van der Waals surface area contributed by atoms with Gasteiger partial charge in [0.05, 0.1) is 6.04 Å². The molecule has 2 N–H and O–H groups in total. The molecule has 0 fully saturated rings. The zero-order chi connectivity index (χ0) is 12.7. The van der Waals surface area contributed by atoms with Crippen molar-refractivity contribution in [2.24, 2.45) is 0 Å². The SMILES string of the molecule is CCc1ccc(C(C)NC(=O)CCCO)cc1. The quantitative estimate of drug-likeness (QED) is 0.794. The van der Waals surface area contributed by atoms with Gasteiger partial charge in [-0.25, -0.2) is 0 Å². The number of aryl methyl sites for hydroxylation is 1. The molecule has 94 valence electrons. The Morgan fingerprint density at radius 3 is 2.53 bits per heavy atom. The molecule has 0 aliphatic heterocycles. The molecular weight excluding hydrogens is 214 g/mol. The average Bonchev–Trinajstić information content (AvgIpc) is 2.36. The van der Waals surface area contributed by atoms with Crippen LogP contribution >= 0.6 is 0 Å². The van der Waals surface area contributed by atoms with Gasteiger partial charge in [-0.15, -0.1) is 0 Å². The molecule has 1 aromatic carbocycles. The minimum Gasteiger partial charge on any atom is -0.396 e. The molecule has 17 heavy (non-hydrogen) atoms. The van der Waals surface area contributed by atoms with Crippen molar-refractivity contribution in [2.45, 2.75) is 39.2 Å². The van der Waals surface area contributed by atoms with E-state index in [1.54, 1.807) is 0 Å². The number of aliphatic hydroxyl groups excluding tert-OH is 1. The molecule has 1 amide bonds. The smallest absolute Gasteiger partial charge is 0.220 e. The molecule has 0 aromatic heterocycles. The average molecular weight is 235 g/mol. The van der Waals surface area contributed by atoms with Crippen molar-refractivity contribution in [3.63, 3.8) is 0 Å². The van der Waals surface area contributed by atoms with Gasteiger partial charge in [-0.3, -0.25) is 4.79 Å². The second-order valence-electron chi connectivity index (χ2n) is 4.21. The molecule has 0 bridgehead atoms. The van der Waals surface area contributed by atoms with Gasteiger partial charge in [0.15, 0.2) is 0 Å². The maximum Gasteiger partial charge on any atom is 0.220 e. The van der Waals surface area contributed by atoms with E-state index in [4.69, 9.17) is 5.11 Å². The third kappa shape index (κ3) is 4.57. The summed E-state index contributed by atoms with van der Waals surface area (Å²) < 4.78 is 0. The first-order valence-electron chi connectivity index (χ1n) is 6.16. The van der Waals surface area contributed by atoms with E-state index in [1.165, 1.54) is 5.56 Å². The molecule has 1 aromatic rings. The number of benzene rings is 1. The number of carbonyl (C=O) groups excluding carboxylic acids is 1. The second kappa shape index (κ2) is 7.07. The van der Waals surface area contributed by atoms with Gasteiger partial charge >= 0.3 is 0 Å². The third-order valence-electron chi connectivity index (χ3n) is 2.83. The van der Waals surface area contributed by atoms with Crippen LogP contribution < -0.4 is 5.32 Å². The maximum absolute atomic E-state index is 11.5. The predicted molar refractivity (Wildman–Crippen MR) is 68.7 cm³/mol. The highest BCUT2D eigenvalue weighted by Crippen LogP contribution is 2.13. The molecule has 0 spiro atoms. The summed E-state index contributed by atoms with van der Waals surface area (Å²) >= 11 is 0. The van der Waals surface area contributed by atoms with E-state index in [-0.39, 0.29) is 18.6 Å². The molecule has 1 rings (SSSR count). The maximum atomic E-state index is 11.5. The van der Waals surface area contributed by atoms with Gasteiger partial charge in [0, 0.05) is 13.0 Å². The van der Waals surface area contributed by atoms with Crippen LogP contribution in [0, 0.1) is 0 Å². The van der Waals surface area contributed by atoms with Gasteiger partial charge in [0.25, 0.3) is 0 Å². The van der Waals surface area contributed by atoms with Crippen molar-refractivity contribution >= 4 is 5.91 Å². The first-order chi connectivity index (χ1) is 8.17. The second-order valence-corrected chi connectivity index (χ2v) is 4.21. The highest BCUT2D eigenvalue weighted by atomic mass is 16.3. The topological polar surface area (TPSA) is 49.3 Å². The van der Waals surface area contributed by atoms with Crippen LogP contribution in [0.3, 0.4) is 0 Å². The Hall–Kier alpha value is -1.35. The summed E-state index contributed by atoms with van der Waals surface area (Å²) in [5.41, 5.74) is 2.41.